The number of anilines is 1. The van der Waals surface area contributed by atoms with Crippen molar-refractivity contribution in [3.8, 4) is 0 Å². The van der Waals surface area contributed by atoms with Gasteiger partial charge in [0.25, 0.3) is 10.0 Å². The highest BCUT2D eigenvalue weighted by Crippen LogP contribution is 2.24. The van der Waals surface area contributed by atoms with Crippen molar-refractivity contribution in [3.05, 3.63) is 57.8 Å². The van der Waals surface area contributed by atoms with Gasteiger partial charge in [0.1, 0.15) is 10.7 Å². The lowest BCUT2D eigenvalue weighted by molar-refractivity contribution is 0.281. The molecular weight excluding hydrogens is 361 g/mol. The van der Waals surface area contributed by atoms with Crippen LogP contribution in [0.1, 0.15) is 11.1 Å². The van der Waals surface area contributed by atoms with Gasteiger partial charge < -0.3 is 5.11 Å². The van der Waals surface area contributed by atoms with Crippen molar-refractivity contribution in [3.63, 3.8) is 0 Å². The summed E-state index contributed by atoms with van der Waals surface area (Å²) in [5.74, 6) is -0.866. The third-order valence-electron chi connectivity index (χ3n) is 2.90. The van der Waals surface area contributed by atoms with Gasteiger partial charge in [0.05, 0.1) is 12.3 Å². The summed E-state index contributed by atoms with van der Waals surface area (Å²) in [6.45, 7) is 1.38. The van der Waals surface area contributed by atoms with Gasteiger partial charge in [-0.05, 0) is 48.4 Å². The topological polar surface area (TPSA) is 66.4 Å². The Morgan fingerprint density at radius 1 is 1.24 bits per heavy atom. The number of aliphatic hydroxyl groups excluding tert-OH is 1. The van der Waals surface area contributed by atoms with E-state index in [9.17, 15) is 12.8 Å². The summed E-state index contributed by atoms with van der Waals surface area (Å²) in [4.78, 5) is -0.489. The first-order valence-electron chi connectivity index (χ1n) is 6.02. The molecule has 21 heavy (non-hydrogen) atoms. The number of hydrogen-bond donors (Lipinski definition) is 2. The van der Waals surface area contributed by atoms with E-state index in [2.05, 4.69) is 20.7 Å². The lowest BCUT2D eigenvalue weighted by Crippen LogP contribution is -2.15. The molecule has 0 aliphatic carbocycles. The highest BCUT2D eigenvalue weighted by molar-refractivity contribution is 9.10. The van der Waals surface area contributed by atoms with E-state index in [4.69, 9.17) is 5.11 Å². The van der Waals surface area contributed by atoms with Crippen molar-refractivity contribution < 1.29 is 17.9 Å². The molecule has 0 saturated heterocycles. The van der Waals surface area contributed by atoms with Crippen molar-refractivity contribution in [2.45, 2.75) is 18.4 Å². The van der Waals surface area contributed by atoms with Gasteiger partial charge >= 0.3 is 0 Å². The molecule has 2 aromatic rings. The van der Waals surface area contributed by atoms with Gasteiger partial charge in [-0.15, -0.1) is 0 Å². The molecule has 0 saturated carbocycles. The van der Waals surface area contributed by atoms with Crippen LogP contribution in [0.5, 0.6) is 0 Å². The fourth-order valence-electron chi connectivity index (χ4n) is 1.79. The Balaban J connectivity index is 2.43. The second-order valence-corrected chi connectivity index (χ2v) is 7.05. The maximum Gasteiger partial charge on any atom is 0.264 e. The number of sulfonamides is 1. The third kappa shape index (κ3) is 3.61. The van der Waals surface area contributed by atoms with Crippen LogP contribution < -0.4 is 4.72 Å². The fraction of sp³-hybridized carbons (Fsp3) is 0.143. The van der Waals surface area contributed by atoms with Crippen LogP contribution in [0.3, 0.4) is 0 Å². The van der Waals surface area contributed by atoms with Crippen LogP contribution in [0.4, 0.5) is 10.1 Å². The zero-order valence-corrected chi connectivity index (χ0v) is 13.5. The highest BCUT2D eigenvalue weighted by atomic mass is 79.9. The second kappa shape index (κ2) is 6.13. The van der Waals surface area contributed by atoms with Gasteiger partial charge in [-0.3, -0.25) is 4.72 Å². The molecule has 2 aromatic carbocycles. The molecule has 0 bridgehead atoms. The first kappa shape index (κ1) is 15.9. The predicted molar refractivity (Wildman–Crippen MR) is 82.0 cm³/mol. The maximum absolute atomic E-state index is 13.8. The molecule has 0 radical (unpaired) electrons. The maximum atomic E-state index is 13.8. The van der Waals surface area contributed by atoms with Gasteiger partial charge in [0, 0.05) is 4.47 Å². The normalized spacial score (nSPS) is 11.4. The molecule has 2 N–H and O–H groups in total. The van der Waals surface area contributed by atoms with E-state index in [1.165, 1.54) is 6.07 Å². The summed E-state index contributed by atoms with van der Waals surface area (Å²) in [7, 11) is -4.06. The quantitative estimate of drug-likeness (QED) is 0.864. The lowest BCUT2D eigenvalue weighted by Gasteiger charge is -2.12. The van der Waals surface area contributed by atoms with E-state index in [-0.39, 0.29) is 6.61 Å². The second-order valence-electron chi connectivity index (χ2n) is 4.49. The molecule has 0 aliphatic rings. The average molecular weight is 374 g/mol. The molecule has 0 amide bonds. The number of aliphatic hydroxyl groups is 1. The minimum Gasteiger partial charge on any atom is -0.392 e. The minimum absolute atomic E-state index is 0.323. The van der Waals surface area contributed by atoms with Crippen molar-refractivity contribution in [1.82, 2.24) is 0 Å². The Bertz CT molecular complexity index is 778. The van der Waals surface area contributed by atoms with Crippen molar-refractivity contribution in [1.29, 1.82) is 0 Å². The highest BCUT2D eigenvalue weighted by Gasteiger charge is 2.20. The average Bonchev–Trinajstić information content (AvgIpc) is 2.42. The Morgan fingerprint density at radius 2 is 1.95 bits per heavy atom. The monoisotopic (exact) mass is 373 g/mol. The number of aryl methyl sites for hydroxylation is 1. The summed E-state index contributed by atoms with van der Waals surface area (Å²) < 4.78 is 41.5. The fourth-order valence-corrected chi connectivity index (χ4v) is 3.53. The number of nitrogens with one attached hydrogen (secondary N) is 1. The zero-order valence-electron chi connectivity index (χ0n) is 11.1. The lowest BCUT2D eigenvalue weighted by atomic mass is 10.2. The van der Waals surface area contributed by atoms with E-state index in [1.807, 2.05) is 0 Å². The van der Waals surface area contributed by atoms with Crippen molar-refractivity contribution in [2.24, 2.45) is 0 Å². The molecule has 4 nitrogen and oxygen atoms in total. The number of benzene rings is 2. The SMILES string of the molecule is Cc1cc(Br)ccc1NS(=O)(=O)c1cc(CO)ccc1F. The van der Waals surface area contributed by atoms with E-state index < -0.39 is 20.7 Å². The largest absolute Gasteiger partial charge is 0.392 e. The summed E-state index contributed by atoms with van der Waals surface area (Å²) in [5, 5.41) is 9.04. The van der Waals surface area contributed by atoms with E-state index in [1.54, 1.807) is 25.1 Å². The molecular formula is C14H13BrFNO3S. The van der Waals surface area contributed by atoms with Gasteiger partial charge in [0.15, 0.2) is 0 Å². The van der Waals surface area contributed by atoms with Crippen LogP contribution in [0.2, 0.25) is 0 Å². The smallest absolute Gasteiger partial charge is 0.264 e. The number of halogens is 2. The molecule has 0 aliphatic heterocycles. The molecule has 0 heterocycles. The first-order chi connectivity index (χ1) is 9.83. The first-order valence-corrected chi connectivity index (χ1v) is 8.29. The molecule has 0 atom stereocenters. The molecule has 0 aromatic heterocycles. The van der Waals surface area contributed by atoms with E-state index >= 15 is 0 Å². The summed E-state index contributed by atoms with van der Waals surface area (Å²) in [5.41, 5.74) is 1.39. The van der Waals surface area contributed by atoms with Crippen LogP contribution in [0, 0.1) is 12.7 Å². The van der Waals surface area contributed by atoms with Crippen molar-refractivity contribution >= 4 is 31.6 Å². The van der Waals surface area contributed by atoms with Gasteiger partial charge in [-0.25, -0.2) is 12.8 Å². The van der Waals surface area contributed by atoms with Crippen LogP contribution in [0.25, 0.3) is 0 Å². The summed E-state index contributed by atoms with van der Waals surface area (Å²) >= 11 is 3.29. The van der Waals surface area contributed by atoms with Crippen LogP contribution in [-0.2, 0) is 16.6 Å². The van der Waals surface area contributed by atoms with Gasteiger partial charge in [0.2, 0.25) is 0 Å². The number of hydrogen-bond acceptors (Lipinski definition) is 3. The van der Waals surface area contributed by atoms with E-state index in [0.717, 1.165) is 16.6 Å². The standard InChI is InChI=1S/C14H13BrFNO3S/c1-9-6-11(15)3-5-13(9)17-21(19,20)14-7-10(8-18)2-4-12(14)16/h2-7,17-18H,8H2,1H3. The van der Waals surface area contributed by atoms with Crippen LogP contribution >= 0.6 is 15.9 Å². The Morgan fingerprint density at radius 3 is 2.57 bits per heavy atom. The van der Waals surface area contributed by atoms with Crippen molar-refractivity contribution in [2.75, 3.05) is 4.72 Å². The molecule has 0 unspecified atom stereocenters. The van der Waals surface area contributed by atoms with Gasteiger partial charge in [-0.1, -0.05) is 22.0 Å². The predicted octanol–water partition coefficient (Wildman–Crippen LogP) is 3.19. The molecule has 2 rings (SSSR count). The van der Waals surface area contributed by atoms with Crippen LogP contribution in [0.15, 0.2) is 45.8 Å². The molecule has 0 fully saturated rings. The molecule has 0 spiro atoms. The third-order valence-corrected chi connectivity index (χ3v) is 4.77. The zero-order chi connectivity index (χ0) is 15.6. The number of rotatable bonds is 4. The molecule has 112 valence electrons. The summed E-state index contributed by atoms with van der Waals surface area (Å²) in [6.07, 6.45) is 0. The minimum atomic E-state index is -4.06. The Hall–Kier alpha value is -1.44. The Labute approximate surface area is 130 Å². The van der Waals surface area contributed by atoms with E-state index in [0.29, 0.717) is 16.8 Å². The molecule has 7 heteroatoms. The van der Waals surface area contributed by atoms with Gasteiger partial charge in [-0.2, -0.15) is 0 Å². The van der Waals surface area contributed by atoms with Crippen LogP contribution in [-0.4, -0.2) is 13.5 Å². The summed E-state index contributed by atoms with van der Waals surface area (Å²) in [6, 6.07) is 8.49. The Kier molecular flexibility index (Phi) is 4.65.